The van der Waals surface area contributed by atoms with Gasteiger partial charge in [-0.1, -0.05) is 30.3 Å². The maximum Gasteiger partial charge on any atom is 0.277 e. The molecule has 1 aromatic carbocycles. The molecular formula is C13H18N6O. The number of nitrogen functional groups attached to an aromatic ring is 2. The van der Waals surface area contributed by atoms with E-state index in [9.17, 15) is 4.79 Å². The average molecular weight is 274 g/mol. The van der Waals surface area contributed by atoms with Gasteiger partial charge in [-0.25, -0.2) is 0 Å². The van der Waals surface area contributed by atoms with Gasteiger partial charge < -0.3 is 22.5 Å². The first-order chi connectivity index (χ1) is 9.40. The third-order valence-corrected chi connectivity index (χ3v) is 3.03. The number of rotatable bonds is 4. The smallest absolute Gasteiger partial charge is 0.277 e. The standard InChI is InChI=1S/C13H18N6O/c1-13(16,8-5-3-2-4-6-8)7-17-10-9(14)11(20)19-12(15)18-10/h2-6H,7,14,16H2,1H3,(H4,15,17,18,19,20). The molecule has 1 atom stereocenters. The largest absolute Gasteiger partial charge is 0.391 e. The lowest BCUT2D eigenvalue weighted by atomic mass is 9.93. The first-order valence-corrected chi connectivity index (χ1v) is 6.14. The number of anilines is 3. The van der Waals surface area contributed by atoms with Crippen molar-refractivity contribution in [3.8, 4) is 0 Å². The Bertz CT molecular complexity index is 650. The molecule has 1 aromatic heterocycles. The lowest BCUT2D eigenvalue weighted by Crippen LogP contribution is -2.40. The minimum Gasteiger partial charge on any atom is -0.391 e. The van der Waals surface area contributed by atoms with Crippen molar-refractivity contribution in [1.29, 1.82) is 0 Å². The third-order valence-electron chi connectivity index (χ3n) is 3.03. The molecule has 1 heterocycles. The second-order valence-electron chi connectivity index (χ2n) is 4.85. The second-order valence-corrected chi connectivity index (χ2v) is 4.85. The van der Waals surface area contributed by atoms with Crippen LogP contribution in [0.4, 0.5) is 17.5 Å². The van der Waals surface area contributed by atoms with E-state index in [-0.39, 0.29) is 17.5 Å². The SMILES string of the molecule is CC(N)(CNc1nc(N)[nH]c(=O)c1N)c1ccccc1. The molecule has 0 radical (unpaired) electrons. The van der Waals surface area contributed by atoms with Gasteiger partial charge in [-0.2, -0.15) is 4.98 Å². The summed E-state index contributed by atoms with van der Waals surface area (Å²) in [6.07, 6.45) is 0. The molecule has 106 valence electrons. The van der Waals surface area contributed by atoms with E-state index in [1.165, 1.54) is 0 Å². The number of nitrogens with two attached hydrogens (primary N) is 3. The molecule has 0 aliphatic carbocycles. The number of hydrogen-bond donors (Lipinski definition) is 5. The summed E-state index contributed by atoms with van der Waals surface area (Å²) in [5, 5.41) is 2.97. The van der Waals surface area contributed by atoms with E-state index in [0.717, 1.165) is 5.56 Å². The third kappa shape index (κ3) is 2.89. The van der Waals surface area contributed by atoms with Crippen molar-refractivity contribution >= 4 is 17.5 Å². The van der Waals surface area contributed by atoms with Crippen molar-refractivity contribution in [2.45, 2.75) is 12.5 Å². The molecule has 7 nitrogen and oxygen atoms in total. The van der Waals surface area contributed by atoms with Gasteiger partial charge in [-0.05, 0) is 12.5 Å². The number of nitrogens with zero attached hydrogens (tertiary/aromatic N) is 1. The highest BCUT2D eigenvalue weighted by molar-refractivity contribution is 5.61. The molecule has 0 bridgehead atoms. The Hall–Kier alpha value is -2.54. The van der Waals surface area contributed by atoms with Gasteiger partial charge in [-0.3, -0.25) is 9.78 Å². The van der Waals surface area contributed by atoms with E-state index in [1.54, 1.807) is 0 Å². The summed E-state index contributed by atoms with van der Waals surface area (Å²) in [6.45, 7) is 2.24. The van der Waals surface area contributed by atoms with Gasteiger partial charge in [0, 0.05) is 6.54 Å². The van der Waals surface area contributed by atoms with Gasteiger partial charge in [0.2, 0.25) is 5.95 Å². The van der Waals surface area contributed by atoms with Crippen LogP contribution in [0.3, 0.4) is 0 Å². The monoisotopic (exact) mass is 274 g/mol. The van der Waals surface area contributed by atoms with E-state index < -0.39 is 11.1 Å². The maximum atomic E-state index is 11.5. The molecule has 8 N–H and O–H groups in total. The topological polar surface area (TPSA) is 136 Å². The van der Waals surface area contributed by atoms with Gasteiger partial charge in [0.1, 0.15) is 5.69 Å². The van der Waals surface area contributed by atoms with Crippen LogP contribution in [0.2, 0.25) is 0 Å². The van der Waals surface area contributed by atoms with Gasteiger partial charge in [0.15, 0.2) is 5.82 Å². The number of benzene rings is 1. The molecule has 0 amide bonds. The highest BCUT2D eigenvalue weighted by Crippen LogP contribution is 2.19. The van der Waals surface area contributed by atoms with Gasteiger partial charge in [-0.15, -0.1) is 0 Å². The zero-order valence-corrected chi connectivity index (χ0v) is 11.2. The quantitative estimate of drug-likeness (QED) is 0.541. The van der Waals surface area contributed by atoms with E-state index in [2.05, 4.69) is 15.3 Å². The Kier molecular flexibility index (Phi) is 3.62. The normalized spacial score (nSPS) is 13.7. The van der Waals surface area contributed by atoms with Gasteiger partial charge >= 0.3 is 0 Å². The van der Waals surface area contributed by atoms with Crippen LogP contribution in [-0.2, 0) is 5.54 Å². The Morgan fingerprint density at radius 1 is 1.30 bits per heavy atom. The van der Waals surface area contributed by atoms with Crippen molar-refractivity contribution in [3.05, 3.63) is 46.2 Å². The fourth-order valence-electron chi connectivity index (χ4n) is 1.82. The molecule has 20 heavy (non-hydrogen) atoms. The number of hydrogen-bond acceptors (Lipinski definition) is 6. The molecule has 2 rings (SSSR count). The molecule has 0 saturated carbocycles. The fourth-order valence-corrected chi connectivity index (χ4v) is 1.82. The Labute approximate surface area is 116 Å². The predicted molar refractivity (Wildman–Crippen MR) is 80.2 cm³/mol. The van der Waals surface area contributed by atoms with Crippen molar-refractivity contribution in [2.24, 2.45) is 5.73 Å². The van der Waals surface area contributed by atoms with Crippen LogP contribution in [0.15, 0.2) is 35.1 Å². The van der Waals surface area contributed by atoms with E-state index in [4.69, 9.17) is 17.2 Å². The van der Waals surface area contributed by atoms with Crippen LogP contribution in [-0.4, -0.2) is 16.5 Å². The molecule has 0 aliphatic rings. The fraction of sp³-hybridized carbons (Fsp3) is 0.231. The second kappa shape index (κ2) is 5.22. The van der Waals surface area contributed by atoms with Gasteiger partial charge in [0.05, 0.1) is 5.54 Å². The molecule has 0 aliphatic heterocycles. The molecule has 2 aromatic rings. The minimum absolute atomic E-state index is 0.00476. The van der Waals surface area contributed by atoms with Crippen LogP contribution in [0.5, 0.6) is 0 Å². The number of aromatic amines is 1. The molecule has 0 spiro atoms. The lowest BCUT2D eigenvalue weighted by Gasteiger charge is -2.26. The van der Waals surface area contributed by atoms with Crippen molar-refractivity contribution in [2.75, 3.05) is 23.3 Å². The summed E-state index contributed by atoms with van der Waals surface area (Å²) in [5.41, 5.74) is 17.2. The number of nitrogens with one attached hydrogen (secondary N) is 2. The minimum atomic E-state index is -0.632. The summed E-state index contributed by atoms with van der Waals surface area (Å²) in [4.78, 5) is 17.8. The Morgan fingerprint density at radius 3 is 2.60 bits per heavy atom. The highest BCUT2D eigenvalue weighted by atomic mass is 16.1. The predicted octanol–water partition coefficient (Wildman–Crippen LogP) is 0.220. The highest BCUT2D eigenvalue weighted by Gasteiger charge is 2.21. The molecule has 7 heteroatoms. The summed E-state index contributed by atoms with van der Waals surface area (Å²) in [6, 6.07) is 9.62. The van der Waals surface area contributed by atoms with Crippen molar-refractivity contribution in [1.82, 2.24) is 9.97 Å². The van der Waals surface area contributed by atoms with E-state index in [1.807, 2.05) is 37.3 Å². The summed E-state index contributed by atoms with van der Waals surface area (Å²) in [5.74, 6) is 0.240. The first-order valence-electron chi connectivity index (χ1n) is 6.14. The average Bonchev–Trinajstić information content (AvgIpc) is 2.42. The van der Waals surface area contributed by atoms with Crippen LogP contribution >= 0.6 is 0 Å². The summed E-state index contributed by atoms with van der Waals surface area (Å²) in [7, 11) is 0. The van der Waals surface area contributed by atoms with E-state index in [0.29, 0.717) is 6.54 Å². The Balaban J connectivity index is 2.19. The number of H-pyrrole nitrogens is 1. The molecule has 0 fully saturated rings. The first kappa shape index (κ1) is 13.9. The van der Waals surface area contributed by atoms with Crippen LogP contribution in [0, 0.1) is 0 Å². The lowest BCUT2D eigenvalue weighted by molar-refractivity contribution is 0.523. The Morgan fingerprint density at radius 2 is 1.95 bits per heavy atom. The van der Waals surface area contributed by atoms with Crippen LogP contribution in [0.1, 0.15) is 12.5 Å². The van der Waals surface area contributed by atoms with Crippen LogP contribution in [0.25, 0.3) is 0 Å². The van der Waals surface area contributed by atoms with Gasteiger partial charge in [0.25, 0.3) is 5.56 Å². The summed E-state index contributed by atoms with van der Waals surface area (Å²) >= 11 is 0. The molecular weight excluding hydrogens is 256 g/mol. The van der Waals surface area contributed by atoms with E-state index >= 15 is 0 Å². The zero-order valence-electron chi connectivity index (χ0n) is 11.2. The summed E-state index contributed by atoms with van der Waals surface area (Å²) < 4.78 is 0. The maximum absolute atomic E-state index is 11.5. The molecule has 1 unspecified atom stereocenters. The van der Waals surface area contributed by atoms with Crippen molar-refractivity contribution < 1.29 is 0 Å². The van der Waals surface area contributed by atoms with Crippen LogP contribution < -0.4 is 28.1 Å². The van der Waals surface area contributed by atoms with Crippen molar-refractivity contribution in [3.63, 3.8) is 0 Å². The number of aromatic nitrogens is 2. The zero-order chi connectivity index (χ0) is 14.8. The molecule has 0 saturated heterocycles.